The lowest BCUT2D eigenvalue weighted by Crippen LogP contribution is -2.10. The normalized spacial score (nSPS) is 16.2. The van der Waals surface area contributed by atoms with Gasteiger partial charge in [0.1, 0.15) is 0 Å². The molecule has 0 aromatic heterocycles. The van der Waals surface area contributed by atoms with Crippen molar-refractivity contribution in [3.05, 3.63) is 10.4 Å². The van der Waals surface area contributed by atoms with Crippen molar-refractivity contribution in [2.75, 3.05) is 7.05 Å². The Labute approximate surface area is 85.3 Å². The number of nitrogens with zero attached hydrogens (tertiary/aromatic N) is 1. The first-order valence-corrected chi connectivity index (χ1v) is 5.70. The van der Waals surface area contributed by atoms with E-state index in [1.54, 1.807) is 7.05 Å². The molecule has 6 heteroatoms. The first-order chi connectivity index (χ1) is 4.70. The number of thiol groups is 1. The number of hydrogen-bond donors (Lipinski definition) is 1. The van der Waals surface area contributed by atoms with Crippen LogP contribution < -0.4 is 0 Å². The predicted molar refractivity (Wildman–Crippen MR) is 47.3 cm³/mol. The topological polar surface area (TPSA) is 20.3 Å². The van der Waals surface area contributed by atoms with E-state index in [9.17, 15) is 4.79 Å². The Balaban J connectivity index is 0.000000371. The minimum Gasteiger partial charge on any atom is -0.293 e. The summed E-state index contributed by atoms with van der Waals surface area (Å²) in [7, 11) is 6.37. The van der Waals surface area contributed by atoms with Gasteiger partial charge in [-0.15, -0.1) is 0 Å². The molecule has 0 atom stereocenters. The van der Waals surface area contributed by atoms with Crippen LogP contribution in [0.2, 0.25) is 0 Å². The molecule has 10 heavy (non-hydrogen) atoms. The summed E-state index contributed by atoms with van der Waals surface area (Å²) in [5, 5.41) is 0. The Morgan fingerprint density at radius 2 is 2.20 bits per heavy atom. The zero-order valence-electron chi connectivity index (χ0n) is 5.34. The smallest absolute Gasteiger partial charge is 0.293 e. The second-order valence-corrected chi connectivity index (χ2v) is 3.38. The van der Waals surface area contributed by atoms with Crippen molar-refractivity contribution >= 4 is 59.1 Å². The molecule has 1 amide bonds. The first kappa shape index (κ1) is 10.9. The van der Waals surface area contributed by atoms with Crippen molar-refractivity contribution in [3.63, 3.8) is 0 Å². The van der Waals surface area contributed by atoms with E-state index < -0.39 is 0 Å². The zero-order valence-corrected chi connectivity index (χ0v) is 9.16. The highest BCUT2D eigenvalue weighted by molar-refractivity contribution is 8.03. The summed E-state index contributed by atoms with van der Waals surface area (Å²) in [4.78, 5) is 10.5. The SMILES string of the molecule is CN1[SH]C(Cl)=CC1=O.[Mg+2][Cl]. The van der Waals surface area contributed by atoms with Crippen molar-refractivity contribution in [2.24, 2.45) is 0 Å². The minimum atomic E-state index is -0.0170. The molecule has 0 fully saturated rings. The van der Waals surface area contributed by atoms with Crippen LogP contribution in [0.25, 0.3) is 0 Å². The van der Waals surface area contributed by atoms with Gasteiger partial charge in [-0.05, 0) is 0 Å². The van der Waals surface area contributed by atoms with Crippen molar-refractivity contribution < 1.29 is 4.79 Å². The van der Waals surface area contributed by atoms with Crippen LogP contribution in [-0.2, 0) is 4.79 Å². The second kappa shape index (κ2) is 5.54. The maximum absolute atomic E-state index is 10.5. The second-order valence-electron chi connectivity index (χ2n) is 1.43. The molecule has 8 radical (unpaired) electrons. The van der Waals surface area contributed by atoms with E-state index in [1.165, 1.54) is 31.0 Å². The minimum absolute atomic E-state index is 0.0170. The molecule has 52 valence electrons. The maximum Gasteiger partial charge on any atom is 1.59 e. The lowest BCUT2D eigenvalue weighted by molar-refractivity contribution is -0.120. The molecule has 0 aromatic rings. The molecule has 0 N–H and O–H groups in total. The average Bonchev–Trinajstić information content (AvgIpc) is 2.16. The third kappa shape index (κ3) is 3.34. The van der Waals surface area contributed by atoms with Gasteiger partial charge in [-0.1, -0.05) is 23.5 Å². The number of amides is 1. The third-order valence-electron chi connectivity index (χ3n) is 0.807. The van der Waals surface area contributed by atoms with Crippen molar-refractivity contribution in [3.8, 4) is 0 Å². The number of halogens is 2. The van der Waals surface area contributed by atoms with Crippen molar-refractivity contribution in [1.29, 1.82) is 0 Å². The van der Waals surface area contributed by atoms with E-state index in [1.807, 2.05) is 0 Å². The third-order valence-corrected chi connectivity index (χ3v) is 1.96. The number of hydrogen-bond acceptors (Lipinski definition) is 1. The van der Waals surface area contributed by atoms with Crippen LogP contribution in [0.15, 0.2) is 10.4 Å². The largest absolute Gasteiger partial charge is 1.59 e. The fourth-order valence-corrected chi connectivity index (χ4v) is 1.46. The molecule has 0 spiro atoms. The van der Waals surface area contributed by atoms with Gasteiger partial charge in [0.2, 0.25) is 0 Å². The zero-order chi connectivity index (χ0) is 8.15. The lowest BCUT2D eigenvalue weighted by atomic mass is 10.6. The van der Waals surface area contributed by atoms with Crippen molar-refractivity contribution in [2.45, 2.75) is 0 Å². The van der Waals surface area contributed by atoms with Gasteiger partial charge in [-0.25, -0.2) is 0 Å². The Bertz CT molecular complexity index is 163. The fourth-order valence-electron chi connectivity index (χ4n) is 0.417. The van der Waals surface area contributed by atoms with Gasteiger partial charge in [-0.3, -0.25) is 9.10 Å². The van der Waals surface area contributed by atoms with E-state index in [2.05, 4.69) is 9.07 Å². The molecule has 0 aromatic carbocycles. The Morgan fingerprint density at radius 3 is 2.30 bits per heavy atom. The predicted octanol–water partition coefficient (Wildman–Crippen LogP) is 1.23. The van der Waals surface area contributed by atoms with Gasteiger partial charge in [-0.2, -0.15) is 0 Å². The summed E-state index contributed by atoms with van der Waals surface area (Å²) in [5.74, 6) is -0.0170. The van der Waals surface area contributed by atoms with Crippen LogP contribution in [0.3, 0.4) is 0 Å². The standard InChI is InChI=1S/C4H5ClNOS.ClH.Mg/c1-6-4(7)2-3(5)8-6;;/h2,8H,1H3;1H;/q;;+3/p-1. The molecular weight excluding hydrogens is 205 g/mol. The van der Waals surface area contributed by atoms with Crippen LogP contribution in [0.4, 0.5) is 0 Å². The molecule has 0 saturated carbocycles. The van der Waals surface area contributed by atoms with E-state index in [4.69, 9.17) is 11.6 Å². The Morgan fingerprint density at radius 1 is 1.70 bits per heavy atom. The molecule has 0 aliphatic carbocycles. The average molecular weight is 210 g/mol. The summed E-state index contributed by atoms with van der Waals surface area (Å²) in [6, 6.07) is 0. The van der Waals surface area contributed by atoms with Gasteiger partial charge in [0.05, 0.1) is 4.36 Å². The maximum atomic E-state index is 10.5. The van der Waals surface area contributed by atoms with E-state index in [-0.39, 0.29) is 5.91 Å². The highest BCUT2D eigenvalue weighted by atomic mass is 35.5. The lowest BCUT2D eigenvalue weighted by Gasteiger charge is -2.04. The van der Waals surface area contributed by atoms with Crippen LogP contribution >= 0.6 is 32.6 Å². The fraction of sp³-hybridized carbons (Fsp3) is 0.250. The monoisotopic (exact) mass is 209 g/mol. The van der Waals surface area contributed by atoms with E-state index in [0.717, 1.165) is 11.9 Å². The summed E-state index contributed by atoms with van der Waals surface area (Å²) >= 11 is 7.61. The summed E-state index contributed by atoms with van der Waals surface area (Å²) < 4.78 is 2.12. The van der Waals surface area contributed by atoms with Gasteiger partial charge in [0.15, 0.2) is 0 Å². The quantitative estimate of drug-likeness (QED) is 0.471. The molecule has 1 heterocycles. The molecule has 0 unspecified atom stereocenters. The summed E-state index contributed by atoms with van der Waals surface area (Å²) in [5.41, 5.74) is 0. The van der Waals surface area contributed by atoms with Gasteiger partial charge >= 0.3 is 29.7 Å². The van der Waals surface area contributed by atoms with Gasteiger partial charge < -0.3 is 0 Å². The number of carbonyl (C=O) groups is 1. The highest BCUT2D eigenvalue weighted by Gasteiger charge is 2.16. The molecule has 1 aliphatic rings. The Kier molecular flexibility index (Phi) is 6.05. The van der Waals surface area contributed by atoms with E-state index >= 15 is 0 Å². The molecule has 0 bridgehead atoms. The molecular formula is C4H5Cl2MgNOS+2. The van der Waals surface area contributed by atoms with Crippen LogP contribution in [-0.4, -0.2) is 37.9 Å². The summed E-state index contributed by atoms with van der Waals surface area (Å²) in [6.07, 6.45) is 1.42. The van der Waals surface area contributed by atoms with Gasteiger partial charge in [0.25, 0.3) is 5.91 Å². The van der Waals surface area contributed by atoms with Crippen LogP contribution in [0, 0.1) is 0 Å². The molecule has 0 saturated heterocycles. The van der Waals surface area contributed by atoms with Crippen molar-refractivity contribution in [1.82, 2.24) is 4.31 Å². The molecule has 1 rings (SSSR count). The summed E-state index contributed by atoms with van der Waals surface area (Å²) in [6.45, 7) is 0. The Hall–Kier alpha value is 0.906. The molecule has 1 aliphatic heterocycles. The van der Waals surface area contributed by atoms with Crippen LogP contribution in [0.1, 0.15) is 0 Å². The number of likely N-dealkylation sites (N-methyl/N-ethyl adjacent to an activating group) is 1. The van der Waals surface area contributed by atoms with Crippen LogP contribution in [0.5, 0.6) is 0 Å². The number of rotatable bonds is 0. The van der Waals surface area contributed by atoms with E-state index in [0.29, 0.717) is 4.36 Å². The van der Waals surface area contributed by atoms with Gasteiger partial charge in [0, 0.05) is 13.1 Å². The first-order valence-electron chi connectivity index (χ1n) is 2.33. The molecule has 2 nitrogen and oxygen atoms in total. The highest BCUT2D eigenvalue weighted by Crippen LogP contribution is 2.28. The number of carbonyl (C=O) groups excluding carboxylic acids is 1.